The summed E-state index contributed by atoms with van der Waals surface area (Å²) in [7, 11) is 5.48. The minimum Gasteiger partial charge on any atom is -0.497 e. The van der Waals surface area contributed by atoms with Crippen LogP contribution < -0.4 is 14.8 Å². The molecule has 3 heteroatoms. The first kappa shape index (κ1) is 13.2. The molecule has 1 aliphatic rings. The second-order valence-corrected chi connectivity index (χ2v) is 5.36. The van der Waals surface area contributed by atoms with Crippen LogP contribution in [0, 0.1) is 0 Å². The molecule has 1 saturated carbocycles. The van der Waals surface area contributed by atoms with Crippen molar-refractivity contribution in [3.63, 3.8) is 0 Å². The van der Waals surface area contributed by atoms with E-state index in [0.29, 0.717) is 6.04 Å². The molecule has 0 heterocycles. The third kappa shape index (κ3) is 2.32. The van der Waals surface area contributed by atoms with Crippen molar-refractivity contribution in [3.05, 3.63) is 23.8 Å². The normalized spacial score (nSPS) is 27.2. The van der Waals surface area contributed by atoms with Crippen molar-refractivity contribution in [2.45, 2.75) is 37.6 Å². The van der Waals surface area contributed by atoms with Gasteiger partial charge >= 0.3 is 0 Å². The molecule has 0 spiro atoms. The third-order valence-electron chi connectivity index (χ3n) is 4.21. The molecule has 0 radical (unpaired) electrons. The number of nitrogens with one attached hydrogen (secondary N) is 1. The highest BCUT2D eigenvalue weighted by Gasteiger charge is 2.38. The van der Waals surface area contributed by atoms with Gasteiger partial charge in [0.1, 0.15) is 11.5 Å². The van der Waals surface area contributed by atoms with Gasteiger partial charge in [0.15, 0.2) is 0 Å². The highest BCUT2D eigenvalue weighted by Crippen LogP contribution is 2.45. The van der Waals surface area contributed by atoms with Gasteiger partial charge in [-0.05, 0) is 49.9 Å². The lowest BCUT2D eigenvalue weighted by Gasteiger charge is -2.27. The van der Waals surface area contributed by atoms with Crippen molar-refractivity contribution < 1.29 is 9.47 Å². The molecule has 100 valence electrons. The summed E-state index contributed by atoms with van der Waals surface area (Å²) in [4.78, 5) is 0. The van der Waals surface area contributed by atoms with E-state index in [4.69, 9.17) is 9.47 Å². The van der Waals surface area contributed by atoms with Gasteiger partial charge in [-0.1, -0.05) is 6.92 Å². The molecule has 0 amide bonds. The molecule has 2 atom stereocenters. The van der Waals surface area contributed by atoms with Crippen molar-refractivity contribution in [2.75, 3.05) is 21.3 Å². The number of rotatable bonds is 4. The second-order valence-electron chi connectivity index (χ2n) is 5.36. The lowest BCUT2D eigenvalue weighted by molar-refractivity contribution is 0.375. The fourth-order valence-electron chi connectivity index (χ4n) is 3.02. The van der Waals surface area contributed by atoms with Crippen LogP contribution >= 0.6 is 0 Å². The lowest BCUT2D eigenvalue weighted by atomic mass is 9.80. The maximum Gasteiger partial charge on any atom is 0.122 e. The van der Waals surface area contributed by atoms with Crippen LogP contribution in [0.4, 0.5) is 0 Å². The van der Waals surface area contributed by atoms with Crippen LogP contribution in [0.3, 0.4) is 0 Å². The largest absolute Gasteiger partial charge is 0.497 e. The van der Waals surface area contributed by atoms with Gasteiger partial charge in [-0.15, -0.1) is 0 Å². The van der Waals surface area contributed by atoms with Crippen LogP contribution in [-0.2, 0) is 5.41 Å². The maximum atomic E-state index is 5.52. The standard InChI is InChI=1S/C15H23NO2/c1-15(8-7-11(10-15)16-2)13-9-12(17-3)5-6-14(13)18-4/h5-6,9,11,16H,7-8,10H2,1-4H3. The Labute approximate surface area is 109 Å². The molecular formula is C15H23NO2. The van der Waals surface area contributed by atoms with Crippen LogP contribution in [0.2, 0.25) is 0 Å². The van der Waals surface area contributed by atoms with Gasteiger partial charge in [-0.25, -0.2) is 0 Å². The Morgan fingerprint density at radius 2 is 2.06 bits per heavy atom. The van der Waals surface area contributed by atoms with Crippen molar-refractivity contribution in [1.82, 2.24) is 5.32 Å². The molecule has 1 aromatic rings. The average Bonchev–Trinajstić information content (AvgIpc) is 2.81. The summed E-state index contributed by atoms with van der Waals surface area (Å²) in [6.07, 6.45) is 3.54. The minimum absolute atomic E-state index is 0.174. The van der Waals surface area contributed by atoms with Crippen molar-refractivity contribution in [1.29, 1.82) is 0 Å². The predicted molar refractivity (Wildman–Crippen MR) is 73.6 cm³/mol. The van der Waals surface area contributed by atoms with Crippen molar-refractivity contribution >= 4 is 0 Å². The van der Waals surface area contributed by atoms with E-state index >= 15 is 0 Å². The summed E-state index contributed by atoms with van der Waals surface area (Å²) in [5, 5.41) is 3.38. The monoisotopic (exact) mass is 249 g/mol. The van der Waals surface area contributed by atoms with E-state index in [-0.39, 0.29) is 5.41 Å². The number of ether oxygens (including phenoxy) is 2. The summed E-state index contributed by atoms with van der Waals surface area (Å²) in [6.45, 7) is 2.32. The van der Waals surface area contributed by atoms with Crippen LogP contribution in [0.1, 0.15) is 31.7 Å². The molecule has 1 aliphatic carbocycles. The fourth-order valence-corrected chi connectivity index (χ4v) is 3.02. The topological polar surface area (TPSA) is 30.5 Å². The van der Waals surface area contributed by atoms with Crippen molar-refractivity contribution in [2.24, 2.45) is 0 Å². The molecule has 18 heavy (non-hydrogen) atoms. The van der Waals surface area contributed by atoms with Crippen LogP contribution in [0.25, 0.3) is 0 Å². The average molecular weight is 249 g/mol. The molecule has 2 rings (SSSR count). The second kappa shape index (κ2) is 5.19. The summed E-state index contributed by atoms with van der Waals surface area (Å²) in [6, 6.07) is 6.69. The third-order valence-corrected chi connectivity index (χ3v) is 4.21. The van der Waals surface area contributed by atoms with Crippen molar-refractivity contribution in [3.8, 4) is 11.5 Å². The quantitative estimate of drug-likeness (QED) is 0.890. The van der Waals surface area contributed by atoms with E-state index in [1.165, 1.54) is 18.4 Å². The zero-order chi connectivity index (χ0) is 13.2. The molecule has 1 N–H and O–H groups in total. The Kier molecular flexibility index (Phi) is 3.81. The predicted octanol–water partition coefficient (Wildman–Crippen LogP) is 2.73. The van der Waals surface area contributed by atoms with Crippen LogP contribution in [-0.4, -0.2) is 27.3 Å². The molecule has 3 nitrogen and oxygen atoms in total. The summed E-state index contributed by atoms with van der Waals surface area (Å²) >= 11 is 0. The van der Waals surface area contributed by atoms with E-state index in [1.54, 1.807) is 14.2 Å². The molecular weight excluding hydrogens is 226 g/mol. The first-order chi connectivity index (χ1) is 8.62. The fraction of sp³-hybridized carbons (Fsp3) is 0.600. The molecule has 0 aliphatic heterocycles. The van der Waals surface area contributed by atoms with Gasteiger partial charge in [0, 0.05) is 11.6 Å². The molecule has 0 aromatic heterocycles. The first-order valence-electron chi connectivity index (χ1n) is 6.53. The number of hydrogen-bond donors (Lipinski definition) is 1. The van der Waals surface area contributed by atoms with Gasteiger partial charge in [0.2, 0.25) is 0 Å². The molecule has 1 fully saturated rings. The highest BCUT2D eigenvalue weighted by molar-refractivity contribution is 5.45. The molecule has 2 unspecified atom stereocenters. The van der Waals surface area contributed by atoms with E-state index in [9.17, 15) is 0 Å². The SMILES string of the molecule is CNC1CCC(C)(c2cc(OC)ccc2OC)C1. The number of methoxy groups -OCH3 is 2. The van der Waals surface area contributed by atoms with Gasteiger partial charge in [-0.3, -0.25) is 0 Å². The summed E-state index contributed by atoms with van der Waals surface area (Å²) in [5.74, 6) is 1.87. The Morgan fingerprint density at radius 1 is 1.28 bits per heavy atom. The Morgan fingerprint density at radius 3 is 2.61 bits per heavy atom. The zero-order valence-electron chi connectivity index (χ0n) is 11.7. The Bertz CT molecular complexity index is 419. The Balaban J connectivity index is 2.36. The molecule has 1 aromatic carbocycles. The van der Waals surface area contributed by atoms with Crippen LogP contribution in [0.5, 0.6) is 11.5 Å². The van der Waals surface area contributed by atoms with E-state index in [2.05, 4.69) is 18.3 Å². The van der Waals surface area contributed by atoms with Gasteiger partial charge in [0.25, 0.3) is 0 Å². The van der Waals surface area contributed by atoms with Gasteiger partial charge in [0.05, 0.1) is 14.2 Å². The molecule has 0 bridgehead atoms. The summed E-state index contributed by atoms with van der Waals surface area (Å²) in [5.41, 5.74) is 1.44. The van der Waals surface area contributed by atoms with E-state index < -0.39 is 0 Å². The lowest BCUT2D eigenvalue weighted by Crippen LogP contribution is -2.26. The number of hydrogen-bond acceptors (Lipinski definition) is 3. The van der Waals surface area contributed by atoms with Gasteiger partial charge < -0.3 is 14.8 Å². The smallest absolute Gasteiger partial charge is 0.122 e. The highest BCUT2D eigenvalue weighted by atomic mass is 16.5. The minimum atomic E-state index is 0.174. The van der Waals surface area contributed by atoms with E-state index in [0.717, 1.165) is 17.9 Å². The first-order valence-corrected chi connectivity index (χ1v) is 6.53. The molecule has 0 saturated heterocycles. The number of benzene rings is 1. The summed E-state index contributed by atoms with van der Waals surface area (Å²) < 4.78 is 10.9. The zero-order valence-corrected chi connectivity index (χ0v) is 11.7. The van der Waals surface area contributed by atoms with Crippen LogP contribution in [0.15, 0.2) is 18.2 Å². The Hall–Kier alpha value is -1.22. The van der Waals surface area contributed by atoms with E-state index in [1.807, 2.05) is 19.2 Å². The maximum absolute atomic E-state index is 5.52. The van der Waals surface area contributed by atoms with Gasteiger partial charge in [-0.2, -0.15) is 0 Å².